The van der Waals surface area contributed by atoms with Gasteiger partial charge < -0.3 is 20.5 Å². The highest BCUT2D eigenvalue weighted by atomic mass is 16.5. The van der Waals surface area contributed by atoms with Crippen LogP contribution in [0.3, 0.4) is 0 Å². The van der Waals surface area contributed by atoms with Crippen LogP contribution in [0.1, 0.15) is 67.1 Å². The molecule has 0 atom stereocenters. The second kappa shape index (κ2) is 13.7. The molecule has 1 fully saturated rings. The van der Waals surface area contributed by atoms with E-state index in [1.165, 1.54) is 22.4 Å². The molecule has 1 aliphatic rings. The van der Waals surface area contributed by atoms with E-state index in [-0.39, 0.29) is 5.41 Å². The van der Waals surface area contributed by atoms with Crippen LogP contribution in [0, 0.1) is 5.92 Å². The second-order valence-electron chi connectivity index (χ2n) is 10.9. The summed E-state index contributed by atoms with van der Waals surface area (Å²) in [5.41, 5.74) is 9.71. The molecule has 202 valence electrons. The molecule has 0 aliphatic carbocycles. The fourth-order valence-corrected chi connectivity index (χ4v) is 4.41. The summed E-state index contributed by atoms with van der Waals surface area (Å²) in [5.74, 6) is 0.960. The molecule has 6 heteroatoms. The highest BCUT2D eigenvalue weighted by molar-refractivity contribution is 5.92. The first-order valence-corrected chi connectivity index (χ1v) is 13.3. The number of hydrogen-bond acceptors (Lipinski definition) is 3. The minimum absolute atomic E-state index is 0.211. The van der Waals surface area contributed by atoms with Crippen LogP contribution in [0.25, 0.3) is 0 Å². The van der Waals surface area contributed by atoms with Crippen molar-refractivity contribution in [2.24, 2.45) is 11.7 Å². The fraction of sp³-hybridized carbons (Fsp3) is 0.375. The molecule has 1 heterocycles. The standard InChI is InChI=1S/C18H27NO2.C14H13NO2/c1-18(2,3)16-8-6-14(7-9-16)4-5-15-10-12-19(13-11-15)17(20)21;15-14(16)12-6-8-13(9-7-12)17-10-11-4-2-1-3-5-11/h6-9,15H,4-5,10-13H2,1-3H3,(H,20,21);1-9H,10H2,(H2,15,16). The summed E-state index contributed by atoms with van der Waals surface area (Å²) in [6.45, 7) is 8.61. The van der Waals surface area contributed by atoms with Gasteiger partial charge in [0.15, 0.2) is 0 Å². The van der Waals surface area contributed by atoms with Crippen molar-refractivity contribution in [3.63, 3.8) is 0 Å². The van der Waals surface area contributed by atoms with Gasteiger partial charge in [-0.05, 0) is 78.0 Å². The SMILES string of the molecule is CC(C)(C)c1ccc(CCC2CCN(C(=O)O)CC2)cc1.NC(=O)c1ccc(OCc2ccccc2)cc1. The van der Waals surface area contributed by atoms with Crippen molar-refractivity contribution in [1.82, 2.24) is 4.90 Å². The first kappa shape index (κ1) is 28.8. The normalized spacial score (nSPS) is 13.8. The summed E-state index contributed by atoms with van der Waals surface area (Å²) < 4.78 is 5.57. The van der Waals surface area contributed by atoms with Crippen molar-refractivity contribution in [3.05, 3.63) is 101 Å². The number of benzene rings is 3. The summed E-state index contributed by atoms with van der Waals surface area (Å²) in [7, 11) is 0. The molecule has 3 aromatic rings. The van der Waals surface area contributed by atoms with E-state index in [4.69, 9.17) is 15.6 Å². The summed E-state index contributed by atoms with van der Waals surface area (Å²) >= 11 is 0. The Morgan fingerprint density at radius 2 is 1.50 bits per heavy atom. The lowest BCUT2D eigenvalue weighted by atomic mass is 9.85. The van der Waals surface area contributed by atoms with Gasteiger partial charge in [-0.25, -0.2) is 4.79 Å². The number of nitrogens with two attached hydrogens (primary N) is 1. The number of primary amides is 1. The first-order valence-electron chi connectivity index (χ1n) is 13.3. The van der Waals surface area contributed by atoms with E-state index in [1.807, 2.05) is 30.3 Å². The fourth-order valence-electron chi connectivity index (χ4n) is 4.41. The molecular formula is C32H40N2O4. The first-order chi connectivity index (χ1) is 18.1. The zero-order chi connectivity index (χ0) is 27.5. The molecule has 2 amide bonds. The number of nitrogens with zero attached hydrogens (tertiary/aromatic N) is 1. The number of amides is 2. The van der Waals surface area contributed by atoms with Gasteiger partial charge in [0, 0.05) is 18.7 Å². The van der Waals surface area contributed by atoms with Crippen LogP contribution in [0.15, 0.2) is 78.9 Å². The minimum atomic E-state index is -0.772. The number of ether oxygens (including phenoxy) is 1. The Labute approximate surface area is 226 Å². The van der Waals surface area contributed by atoms with Crippen LogP contribution in [0.2, 0.25) is 0 Å². The van der Waals surface area contributed by atoms with Gasteiger partial charge >= 0.3 is 6.09 Å². The van der Waals surface area contributed by atoms with Crippen molar-refractivity contribution in [2.75, 3.05) is 13.1 Å². The number of piperidine rings is 1. The third kappa shape index (κ3) is 9.25. The number of aryl methyl sites for hydroxylation is 1. The number of hydrogen-bond donors (Lipinski definition) is 2. The summed E-state index contributed by atoms with van der Waals surface area (Å²) in [4.78, 5) is 23.3. The van der Waals surface area contributed by atoms with Gasteiger partial charge in [-0.15, -0.1) is 0 Å². The molecule has 1 aliphatic heterocycles. The highest BCUT2D eigenvalue weighted by Gasteiger charge is 2.22. The zero-order valence-corrected chi connectivity index (χ0v) is 22.7. The Hall–Kier alpha value is -3.80. The van der Waals surface area contributed by atoms with Gasteiger partial charge in [0.2, 0.25) is 5.91 Å². The van der Waals surface area contributed by atoms with E-state index < -0.39 is 12.0 Å². The van der Waals surface area contributed by atoms with Gasteiger partial charge in [0.25, 0.3) is 0 Å². The minimum Gasteiger partial charge on any atom is -0.489 e. The number of carbonyl (C=O) groups excluding carboxylic acids is 1. The van der Waals surface area contributed by atoms with E-state index in [0.717, 1.165) is 30.6 Å². The van der Waals surface area contributed by atoms with E-state index >= 15 is 0 Å². The topological polar surface area (TPSA) is 92.9 Å². The van der Waals surface area contributed by atoms with E-state index in [9.17, 15) is 9.59 Å². The summed E-state index contributed by atoms with van der Waals surface area (Å²) in [5, 5.41) is 8.95. The maximum Gasteiger partial charge on any atom is 0.407 e. The van der Waals surface area contributed by atoms with E-state index in [0.29, 0.717) is 31.2 Å². The molecule has 3 aromatic carbocycles. The predicted octanol–water partition coefficient (Wildman–Crippen LogP) is 6.67. The van der Waals surface area contributed by atoms with Crippen molar-refractivity contribution >= 4 is 12.0 Å². The van der Waals surface area contributed by atoms with Gasteiger partial charge in [-0.1, -0.05) is 75.4 Å². The van der Waals surface area contributed by atoms with Gasteiger partial charge in [-0.2, -0.15) is 0 Å². The Balaban J connectivity index is 0.000000215. The van der Waals surface area contributed by atoms with E-state index in [1.54, 1.807) is 24.3 Å². The monoisotopic (exact) mass is 516 g/mol. The Morgan fingerprint density at radius 3 is 2.03 bits per heavy atom. The molecule has 0 radical (unpaired) electrons. The molecular weight excluding hydrogens is 476 g/mol. The Bertz CT molecular complexity index is 1140. The van der Waals surface area contributed by atoms with Crippen LogP contribution < -0.4 is 10.5 Å². The Kier molecular flexibility index (Phi) is 10.3. The molecule has 0 saturated carbocycles. The number of carbonyl (C=O) groups is 2. The van der Waals surface area contributed by atoms with Crippen molar-refractivity contribution in [1.29, 1.82) is 0 Å². The molecule has 0 unspecified atom stereocenters. The maximum absolute atomic E-state index is 10.9. The zero-order valence-electron chi connectivity index (χ0n) is 22.7. The van der Waals surface area contributed by atoms with Crippen LogP contribution in [0.4, 0.5) is 4.79 Å². The largest absolute Gasteiger partial charge is 0.489 e. The average molecular weight is 517 g/mol. The van der Waals surface area contributed by atoms with Crippen molar-refractivity contribution in [2.45, 2.75) is 58.5 Å². The number of rotatable bonds is 7. The molecule has 6 nitrogen and oxygen atoms in total. The lowest BCUT2D eigenvalue weighted by Gasteiger charge is -2.30. The maximum atomic E-state index is 10.9. The smallest absolute Gasteiger partial charge is 0.407 e. The molecule has 0 spiro atoms. The van der Waals surface area contributed by atoms with Gasteiger partial charge in [0.05, 0.1) is 0 Å². The molecule has 4 rings (SSSR count). The summed E-state index contributed by atoms with van der Waals surface area (Å²) in [6.07, 6.45) is 3.51. The number of likely N-dealkylation sites (tertiary alicyclic amines) is 1. The lowest BCUT2D eigenvalue weighted by molar-refractivity contribution is 0.1000. The highest BCUT2D eigenvalue weighted by Crippen LogP contribution is 2.25. The average Bonchev–Trinajstić information content (AvgIpc) is 2.92. The molecule has 1 saturated heterocycles. The number of carboxylic acid groups (broad SMARTS) is 1. The van der Waals surface area contributed by atoms with Crippen LogP contribution >= 0.6 is 0 Å². The van der Waals surface area contributed by atoms with Crippen LogP contribution in [-0.2, 0) is 18.4 Å². The molecule has 38 heavy (non-hydrogen) atoms. The molecule has 3 N–H and O–H groups in total. The quantitative estimate of drug-likeness (QED) is 0.367. The van der Waals surface area contributed by atoms with Gasteiger partial charge in [-0.3, -0.25) is 4.79 Å². The van der Waals surface area contributed by atoms with Crippen molar-refractivity contribution in [3.8, 4) is 5.75 Å². The second-order valence-corrected chi connectivity index (χ2v) is 10.9. The van der Waals surface area contributed by atoms with Crippen LogP contribution in [0.5, 0.6) is 5.75 Å². The lowest BCUT2D eigenvalue weighted by Crippen LogP contribution is -2.37. The third-order valence-electron chi connectivity index (χ3n) is 6.93. The molecule has 0 aromatic heterocycles. The van der Waals surface area contributed by atoms with Crippen LogP contribution in [-0.4, -0.2) is 35.1 Å². The molecule has 0 bridgehead atoms. The van der Waals surface area contributed by atoms with Gasteiger partial charge in [0.1, 0.15) is 12.4 Å². The Morgan fingerprint density at radius 1 is 0.895 bits per heavy atom. The summed E-state index contributed by atoms with van der Waals surface area (Å²) in [6, 6.07) is 25.6. The van der Waals surface area contributed by atoms with Crippen molar-refractivity contribution < 1.29 is 19.4 Å². The predicted molar refractivity (Wildman–Crippen MR) is 152 cm³/mol. The third-order valence-corrected chi connectivity index (χ3v) is 6.93. The van der Waals surface area contributed by atoms with E-state index in [2.05, 4.69) is 45.0 Å².